The number of benzene rings is 3. The fourth-order valence-corrected chi connectivity index (χ4v) is 4.96. The molecule has 0 aliphatic carbocycles. The molecule has 156 valence electrons. The smallest absolute Gasteiger partial charge is 0.208 e. The Balaban J connectivity index is 2.03. The summed E-state index contributed by atoms with van der Waals surface area (Å²) in [5.41, 5.74) is 0.818. The molecule has 0 amide bonds. The van der Waals surface area contributed by atoms with Gasteiger partial charge in [-0.3, -0.25) is 9.78 Å². The minimum atomic E-state index is -4.07. The van der Waals surface area contributed by atoms with Crippen LogP contribution in [0.4, 0.5) is 0 Å². The van der Waals surface area contributed by atoms with Gasteiger partial charge < -0.3 is 9.47 Å². The van der Waals surface area contributed by atoms with Gasteiger partial charge in [0.25, 0.3) is 0 Å². The Labute approximate surface area is 180 Å². The molecule has 0 spiro atoms. The zero-order valence-corrected chi connectivity index (χ0v) is 17.7. The summed E-state index contributed by atoms with van der Waals surface area (Å²) in [5.74, 6) is 0.565. The molecular weight excluding hydrogens is 414 g/mol. The SMILES string of the molecule is COc1ccc(S(=O)(=O)c2c(C(=O)c3ccccc3)cnc3ccc(OC)cc23)cc1. The maximum absolute atomic E-state index is 13.7. The van der Waals surface area contributed by atoms with Gasteiger partial charge in [-0.1, -0.05) is 30.3 Å². The molecule has 0 aliphatic heterocycles. The molecule has 0 fully saturated rings. The minimum absolute atomic E-state index is 0.00257. The van der Waals surface area contributed by atoms with E-state index in [1.807, 2.05) is 0 Å². The first-order valence-electron chi connectivity index (χ1n) is 9.41. The maximum Gasteiger partial charge on any atom is 0.208 e. The monoisotopic (exact) mass is 433 g/mol. The maximum atomic E-state index is 13.7. The van der Waals surface area contributed by atoms with Crippen LogP contribution in [0.2, 0.25) is 0 Å². The van der Waals surface area contributed by atoms with Gasteiger partial charge in [-0.05, 0) is 42.5 Å². The van der Waals surface area contributed by atoms with Crippen molar-refractivity contribution in [3.63, 3.8) is 0 Å². The van der Waals surface area contributed by atoms with Crippen LogP contribution in [0.1, 0.15) is 15.9 Å². The number of rotatable bonds is 6. The number of hydrogen-bond acceptors (Lipinski definition) is 6. The number of carbonyl (C=O) groups is 1. The first kappa shape index (κ1) is 20.6. The number of ether oxygens (including phenoxy) is 2. The molecule has 7 heteroatoms. The molecule has 0 bridgehead atoms. The van der Waals surface area contributed by atoms with Gasteiger partial charge in [0.1, 0.15) is 11.5 Å². The van der Waals surface area contributed by atoms with Crippen LogP contribution in [0.25, 0.3) is 10.9 Å². The van der Waals surface area contributed by atoms with Crippen LogP contribution in [0.15, 0.2) is 88.8 Å². The van der Waals surface area contributed by atoms with Crippen LogP contribution in [-0.4, -0.2) is 33.4 Å². The number of aromatic nitrogens is 1. The lowest BCUT2D eigenvalue weighted by atomic mass is 10.0. The normalized spacial score (nSPS) is 11.3. The Morgan fingerprint density at radius 1 is 0.839 bits per heavy atom. The van der Waals surface area contributed by atoms with Gasteiger partial charge in [-0.2, -0.15) is 0 Å². The summed E-state index contributed by atoms with van der Waals surface area (Å²) in [7, 11) is -1.08. The molecule has 0 atom stereocenters. The van der Waals surface area contributed by atoms with Crippen molar-refractivity contribution in [2.75, 3.05) is 14.2 Å². The van der Waals surface area contributed by atoms with Gasteiger partial charge in [-0.15, -0.1) is 0 Å². The second-order valence-corrected chi connectivity index (χ2v) is 8.64. The average Bonchev–Trinajstić information content (AvgIpc) is 2.82. The fraction of sp³-hybridized carbons (Fsp3) is 0.0833. The van der Waals surface area contributed by atoms with E-state index < -0.39 is 15.6 Å². The number of fused-ring (bicyclic) bond motifs is 1. The van der Waals surface area contributed by atoms with E-state index in [1.165, 1.54) is 32.5 Å². The standard InChI is InChI=1S/C24H19NO5S/c1-29-17-8-11-19(12-9-17)31(27,28)24-20-14-18(30-2)10-13-22(20)25-15-21(24)23(26)16-6-4-3-5-7-16/h3-15H,1-2H3. The van der Waals surface area contributed by atoms with Crippen LogP contribution in [-0.2, 0) is 9.84 Å². The zero-order valence-electron chi connectivity index (χ0n) is 16.9. The van der Waals surface area contributed by atoms with Crippen molar-refractivity contribution < 1.29 is 22.7 Å². The van der Waals surface area contributed by atoms with Gasteiger partial charge >= 0.3 is 0 Å². The molecule has 3 aromatic carbocycles. The van der Waals surface area contributed by atoms with Gasteiger partial charge in [0.05, 0.1) is 35.1 Å². The number of hydrogen-bond donors (Lipinski definition) is 0. The Morgan fingerprint density at radius 2 is 1.48 bits per heavy atom. The fourth-order valence-electron chi connectivity index (χ4n) is 3.34. The minimum Gasteiger partial charge on any atom is -0.497 e. The Morgan fingerprint density at radius 3 is 2.13 bits per heavy atom. The largest absolute Gasteiger partial charge is 0.497 e. The van der Waals surface area contributed by atoms with E-state index >= 15 is 0 Å². The van der Waals surface area contributed by atoms with E-state index in [9.17, 15) is 13.2 Å². The van der Waals surface area contributed by atoms with E-state index in [-0.39, 0.29) is 15.4 Å². The molecule has 1 heterocycles. The molecule has 6 nitrogen and oxygen atoms in total. The van der Waals surface area contributed by atoms with Crippen molar-refractivity contribution in [1.82, 2.24) is 4.98 Å². The number of carbonyl (C=O) groups excluding carboxylic acids is 1. The predicted molar refractivity (Wildman–Crippen MR) is 117 cm³/mol. The molecule has 0 saturated heterocycles. The molecule has 0 unspecified atom stereocenters. The first-order chi connectivity index (χ1) is 15.0. The quantitative estimate of drug-likeness (QED) is 0.421. The average molecular weight is 433 g/mol. The summed E-state index contributed by atoms with van der Waals surface area (Å²) in [6.45, 7) is 0. The van der Waals surface area contributed by atoms with E-state index in [2.05, 4.69) is 4.98 Å². The third-order valence-corrected chi connectivity index (χ3v) is 6.81. The van der Waals surface area contributed by atoms with E-state index in [4.69, 9.17) is 9.47 Å². The highest BCUT2D eigenvalue weighted by atomic mass is 32.2. The Bertz CT molecular complexity index is 1360. The van der Waals surface area contributed by atoms with Crippen molar-refractivity contribution in [2.24, 2.45) is 0 Å². The molecule has 4 aromatic rings. The molecule has 31 heavy (non-hydrogen) atoms. The Hall–Kier alpha value is -3.71. The number of nitrogens with zero attached hydrogens (tertiary/aromatic N) is 1. The van der Waals surface area contributed by atoms with Gasteiger partial charge in [0.15, 0.2) is 5.78 Å². The predicted octanol–water partition coefficient (Wildman–Crippen LogP) is 4.32. The van der Waals surface area contributed by atoms with Crippen molar-refractivity contribution in [2.45, 2.75) is 9.79 Å². The van der Waals surface area contributed by atoms with Crippen LogP contribution in [0.3, 0.4) is 0 Å². The third-order valence-electron chi connectivity index (χ3n) is 4.94. The van der Waals surface area contributed by atoms with Crippen LogP contribution in [0.5, 0.6) is 11.5 Å². The van der Waals surface area contributed by atoms with Crippen LogP contribution in [0, 0.1) is 0 Å². The number of sulfone groups is 1. The van der Waals surface area contributed by atoms with Crippen LogP contribution >= 0.6 is 0 Å². The summed E-state index contributed by atoms with van der Waals surface area (Å²) in [6, 6.07) is 19.5. The Kier molecular flexibility index (Phi) is 5.44. The van der Waals surface area contributed by atoms with Gasteiger partial charge in [-0.25, -0.2) is 8.42 Å². The summed E-state index contributed by atoms with van der Waals surface area (Å²) in [4.78, 5) is 17.6. The number of ketones is 1. The molecular formula is C24H19NO5S. The second-order valence-electron chi connectivity index (χ2n) is 6.76. The van der Waals surface area contributed by atoms with Gasteiger partial charge in [0.2, 0.25) is 9.84 Å². The highest BCUT2D eigenvalue weighted by Gasteiger charge is 2.28. The highest BCUT2D eigenvalue weighted by Crippen LogP contribution is 2.34. The third kappa shape index (κ3) is 3.75. The summed E-state index contributed by atoms with van der Waals surface area (Å²) < 4.78 is 37.9. The summed E-state index contributed by atoms with van der Waals surface area (Å²) >= 11 is 0. The number of pyridine rings is 1. The molecule has 0 radical (unpaired) electrons. The zero-order chi connectivity index (χ0) is 22.0. The van der Waals surface area contributed by atoms with Gasteiger partial charge in [0, 0.05) is 17.1 Å². The highest BCUT2D eigenvalue weighted by molar-refractivity contribution is 7.91. The summed E-state index contributed by atoms with van der Waals surface area (Å²) in [6.07, 6.45) is 1.32. The summed E-state index contributed by atoms with van der Waals surface area (Å²) in [5, 5.41) is 0.317. The van der Waals surface area contributed by atoms with Crippen molar-refractivity contribution in [3.8, 4) is 11.5 Å². The second kappa shape index (κ2) is 8.20. The molecule has 0 saturated carbocycles. The lowest BCUT2D eigenvalue weighted by Gasteiger charge is -2.14. The topological polar surface area (TPSA) is 82.6 Å². The molecule has 0 N–H and O–H groups in total. The molecule has 0 aliphatic rings. The molecule has 4 rings (SSSR count). The van der Waals surface area contributed by atoms with E-state index in [0.29, 0.717) is 28.0 Å². The van der Waals surface area contributed by atoms with Crippen LogP contribution < -0.4 is 9.47 Å². The number of methoxy groups -OCH3 is 2. The lowest BCUT2D eigenvalue weighted by molar-refractivity contribution is 0.103. The molecule has 1 aromatic heterocycles. The first-order valence-corrected chi connectivity index (χ1v) is 10.9. The van der Waals surface area contributed by atoms with Crippen molar-refractivity contribution in [1.29, 1.82) is 0 Å². The van der Waals surface area contributed by atoms with Crippen molar-refractivity contribution >= 4 is 26.5 Å². The lowest BCUT2D eigenvalue weighted by Crippen LogP contribution is -2.12. The van der Waals surface area contributed by atoms with E-state index in [1.54, 1.807) is 60.7 Å². The van der Waals surface area contributed by atoms with Crippen molar-refractivity contribution in [3.05, 3.63) is 90.1 Å². The van der Waals surface area contributed by atoms with E-state index in [0.717, 1.165) is 0 Å².